The lowest BCUT2D eigenvalue weighted by Crippen LogP contribution is -2.52. The summed E-state index contributed by atoms with van der Waals surface area (Å²) in [7, 11) is 1.63. The molecule has 0 saturated carbocycles. The van der Waals surface area contributed by atoms with Crippen molar-refractivity contribution in [2.24, 2.45) is 0 Å². The number of fused-ring (bicyclic) bond motifs is 1. The summed E-state index contributed by atoms with van der Waals surface area (Å²) in [5, 5.41) is 4.12. The van der Waals surface area contributed by atoms with Gasteiger partial charge in [0.25, 0.3) is 5.56 Å². The third kappa shape index (κ3) is 5.30. The second-order valence-electron chi connectivity index (χ2n) is 10.2. The average Bonchev–Trinajstić information content (AvgIpc) is 3.00. The molecule has 1 amide bonds. The van der Waals surface area contributed by atoms with Gasteiger partial charge in [-0.25, -0.2) is 9.69 Å². The van der Waals surface area contributed by atoms with Crippen molar-refractivity contribution in [3.05, 3.63) is 45.5 Å². The molecule has 3 heterocycles. The van der Waals surface area contributed by atoms with E-state index in [2.05, 4.69) is 38.2 Å². The number of carbonyl (C=O) groups is 1. The van der Waals surface area contributed by atoms with Crippen LogP contribution < -0.4 is 20.5 Å². The van der Waals surface area contributed by atoms with Gasteiger partial charge in [-0.2, -0.15) is 15.0 Å². The number of amides is 1. The van der Waals surface area contributed by atoms with E-state index in [1.807, 2.05) is 60.6 Å². The Bertz CT molecular complexity index is 1390. The van der Waals surface area contributed by atoms with Crippen LogP contribution in [0, 0.1) is 6.92 Å². The first-order valence-electron chi connectivity index (χ1n) is 13.1. The van der Waals surface area contributed by atoms with Crippen molar-refractivity contribution >= 4 is 28.9 Å². The second-order valence-corrected chi connectivity index (χ2v) is 10.2. The van der Waals surface area contributed by atoms with Gasteiger partial charge in [0.1, 0.15) is 17.2 Å². The van der Waals surface area contributed by atoms with Gasteiger partial charge in [0.05, 0.1) is 24.2 Å². The number of benzene rings is 1. The van der Waals surface area contributed by atoms with Gasteiger partial charge < -0.3 is 19.8 Å². The number of aryl methyl sites for hydroxylation is 2. The molecule has 0 aliphatic carbocycles. The Balaban J connectivity index is 0.00000196. The summed E-state index contributed by atoms with van der Waals surface area (Å²) in [5.74, 6) is 1.66. The van der Waals surface area contributed by atoms with E-state index >= 15 is 0 Å². The van der Waals surface area contributed by atoms with Crippen LogP contribution in [0.5, 0.6) is 5.75 Å². The zero-order valence-electron chi connectivity index (χ0n) is 24.1. The molecule has 2 aromatic heterocycles. The fourth-order valence-corrected chi connectivity index (χ4v) is 4.40. The van der Waals surface area contributed by atoms with Crippen molar-refractivity contribution in [1.82, 2.24) is 19.9 Å². The molecule has 210 valence electrons. The number of carbonyl (C=O) groups excluding carboxylic acids is 1. The molecule has 10 nitrogen and oxygen atoms in total. The summed E-state index contributed by atoms with van der Waals surface area (Å²) in [5.41, 5.74) is 0.702. The molecule has 1 saturated heterocycles. The number of H-pyrrole nitrogens is 1. The lowest BCUT2D eigenvalue weighted by atomic mass is 9.86. The molecule has 0 radical (unpaired) electrons. The SMILES string of the molecule is CC.CCCc1cc2cc([C@H](C)Nc3nc(C)nc(N4C(=O)OC(C)(C)C4(C)C)n3)c(=O)[nH]c2cc1OC.[HH].[HH]. The van der Waals surface area contributed by atoms with Crippen LogP contribution in [0.25, 0.3) is 10.9 Å². The van der Waals surface area contributed by atoms with E-state index in [1.54, 1.807) is 14.0 Å². The first kappa shape index (κ1) is 28.9. The molecule has 38 heavy (non-hydrogen) atoms. The lowest BCUT2D eigenvalue weighted by molar-refractivity contribution is 0.0458. The van der Waals surface area contributed by atoms with Gasteiger partial charge in [-0.05, 0) is 71.0 Å². The van der Waals surface area contributed by atoms with Gasteiger partial charge in [0, 0.05) is 14.5 Å². The standard InChI is InChI=1S/C26H34N6O4.C2H6.2H2/c1-9-10-16-11-17-12-18(21(33)30-19(17)13-20(16)35-8)14(2)27-22-28-15(3)29-23(31-22)32-24(34)36-26(6,7)25(32,4)5;1-2;;/h11-14H,9-10H2,1-8H3,(H,30,33)(H,27,28,29,31);1-2H3;2*1H/t14-;;;/m0.../s1. The van der Waals surface area contributed by atoms with Crippen molar-refractivity contribution in [3.8, 4) is 5.75 Å². The topological polar surface area (TPSA) is 122 Å². The van der Waals surface area contributed by atoms with Crippen molar-refractivity contribution in [2.45, 2.75) is 92.3 Å². The smallest absolute Gasteiger partial charge is 0.417 e. The normalized spacial score (nSPS) is 16.5. The van der Waals surface area contributed by atoms with Gasteiger partial charge in [-0.1, -0.05) is 27.2 Å². The molecule has 1 atom stereocenters. The van der Waals surface area contributed by atoms with E-state index in [-0.39, 0.29) is 20.3 Å². The third-order valence-corrected chi connectivity index (χ3v) is 7.10. The predicted molar refractivity (Wildman–Crippen MR) is 154 cm³/mol. The van der Waals surface area contributed by atoms with Crippen molar-refractivity contribution in [1.29, 1.82) is 0 Å². The molecule has 0 spiro atoms. The van der Waals surface area contributed by atoms with E-state index in [0.29, 0.717) is 16.9 Å². The summed E-state index contributed by atoms with van der Waals surface area (Å²) < 4.78 is 11.1. The maximum atomic E-state index is 13.0. The van der Waals surface area contributed by atoms with Gasteiger partial charge in [0.2, 0.25) is 11.9 Å². The van der Waals surface area contributed by atoms with Crippen LogP contribution in [0.15, 0.2) is 23.0 Å². The Morgan fingerprint density at radius 2 is 1.82 bits per heavy atom. The second kappa shape index (κ2) is 11.0. The van der Waals surface area contributed by atoms with Crippen LogP contribution in [-0.2, 0) is 11.2 Å². The minimum atomic E-state index is -0.733. The lowest BCUT2D eigenvalue weighted by Gasteiger charge is -2.35. The number of nitrogens with one attached hydrogen (secondary N) is 2. The molecular weight excluding hydrogens is 484 g/mol. The van der Waals surface area contributed by atoms with E-state index in [9.17, 15) is 9.59 Å². The molecule has 3 aromatic rings. The maximum Gasteiger partial charge on any atom is 0.417 e. The van der Waals surface area contributed by atoms with Crippen LogP contribution >= 0.6 is 0 Å². The fraction of sp³-hybridized carbons (Fsp3) is 0.536. The van der Waals surface area contributed by atoms with Crippen molar-refractivity contribution in [3.63, 3.8) is 0 Å². The molecular formula is C28H44N6O4. The maximum absolute atomic E-state index is 13.0. The Hall–Kier alpha value is -3.69. The third-order valence-electron chi connectivity index (χ3n) is 7.10. The van der Waals surface area contributed by atoms with Crippen molar-refractivity contribution in [2.75, 3.05) is 17.3 Å². The Morgan fingerprint density at radius 3 is 2.39 bits per heavy atom. The molecule has 0 bridgehead atoms. The predicted octanol–water partition coefficient (Wildman–Crippen LogP) is 6.19. The molecule has 0 unspecified atom stereocenters. The van der Waals surface area contributed by atoms with Crippen LogP contribution in [0.1, 0.15) is 87.7 Å². The number of pyridine rings is 1. The summed E-state index contributed by atoms with van der Waals surface area (Å²) >= 11 is 0. The number of aromatic amines is 1. The van der Waals surface area contributed by atoms with E-state index in [0.717, 1.165) is 29.5 Å². The Kier molecular flexibility index (Phi) is 8.33. The number of nitrogens with zero attached hydrogens (tertiary/aromatic N) is 4. The van der Waals surface area contributed by atoms with E-state index in [1.165, 1.54) is 4.90 Å². The van der Waals surface area contributed by atoms with Crippen LogP contribution in [0.3, 0.4) is 0 Å². The number of anilines is 2. The monoisotopic (exact) mass is 528 g/mol. The number of methoxy groups -OCH3 is 1. The highest BCUT2D eigenvalue weighted by molar-refractivity contribution is 5.90. The highest BCUT2D eigenvalue weighted by atomic mass is 16.6. The zero-order chi connectivity index (χ0) is 28.4. The zero-order valence-corrected chi connectivity index (χ0v) is 24.1. The molecule has 1 fully saturated rings. The summed E-state index contributed by atoms with van der Waals surface area (Å²) in [6.45, 7) is 17.2. The number of cyclic esters (lactones) is 1. The molecule has 1 aromatic carbocycles. The number of aromatic nitrogens is 4. The summed E-state index contributed by atoms with van der Waals surface area (Å²) in [4.78, 5) is 43.4. The quantitative estimate of drug-likeness (QED) is 0.372. The van der Waals surface area contributed by atoms with Crippen LogP contribution in [0.4, 0.5) is 16.7 Å². The number of hydrogen-bond acceptors (Lipinski definition) is 8. The van der Waals surface area contributed by atoms with Gasteiger partial charge in [-0.15, -0.1) is 0 Å². The highest BCUT2D eigenvalue weighted by Crippen LogP contribution is 2.40. The first-order chi connectivity index (χ1) is 17.9. The molecule has 10 heteroatoms. The minimum Gasteiger partial charge on any atom is -0.496 e. The van der Waals surface area contributed by atoms with Crippen molar-refractivity contribution < 1.29 is 17.1 Å². The summed E-state index contributed by atoms with van der Waals surface area (Å²) in [6, 6.07) is 5.38. The summed E-state index contributed by atoms with van der Waals surface area (Å²) in [6.07, 6.45) is 1.34. The number of hydrogen-bond donors (Lipinski definition) is 2. The minimum absolute atomic E-state index is 0. The average molecular weight is 529 g/mol. The Morgan fingerprint density at radius 1 is 1.13 bits per heavy atom. The Labute approximate surface area is 227 Å². The molecule has 2 N–H and O–H groups in total. The van der Waals surface area contributed by atoms with Crippen LogP contribution in [-0.4, -0.2) is 44.3 Å². The van der Waals surface area contributed by atoms with E-state index < -0.39 is 23.3 Å². The largest absolute Gasteiger partial charge is 0.496 e. The first-order valence-corrected chi connectivity index (χ1v) is 13.1. The number of ether oxygens (including phenoxy) is 2. The van der Waals surface area contributed by atoms with Gasteiger partial charge in [-0.3, -0.25) is 4.79 Å². The molecule has 1 aliphatic heterocycles. The number of rotatable bonds is 7. The fourth-order valence-electron chi connectivity index (χ4n) is 4.40. The molecule has 4 rings (SSSR count). The van der Waals surface area contributed by atoms with E-state index in [4.69, 9.17) is 9.47 Å². The van der Waals surface area contributed by atoms with Gasteiger partial charge >= 0.3 is 6.09 Å². The highest BCUT2D eigenvalue weighted by Gasteiger charge is 2.56. The molecule has 1 aliphatic rings. The van der Waals surface area contributed by atoms with Crippen LogP contribution in [0.2, 0.25) is 0 Å². The van der Waals surface area contributed by atoms with Gasteiger partial charge in [0.15, 0.2) is 0 Å².